The fourth-order valence-electron chi connectivity index (χ4n) is 4.52. The lowest BCUT2D eigenvalue weighted by Gasteiger charge is -2.35. The number of aromatic nitrogens is 2. The van der Waals surface area contributed by atoms with Crippen LogP contribution in [0.4, 0.5) is 13.2 Å². The Morgan fingerprint density at radius 2 is 1.75 bits per heavy atom. The summed E-state index contributed by atoms with van der Waals surface area (Å²) in [4.78, 5) is 32.7. The van der Waals surface area contributed by atoms with Crippen LogP contribution in [0.15, 0.2) is 41.2 Å². The maximum atomic E-state index is 14.1. The van der Waals surface area contributed by atoms with E-state index < -0.39 is 41.1 Å². The summed E-state index contributed by atoms with van der Waals surface area (Å²) in [6.07, 6.45) is -0.407. The highest BCUT2D eigenvalue weighted by molar-refractivity contribution is 5.98. The molecule has 5 rings (SSSR count). The highest BCUT2D eigenvalue weighted by Gasteiger charge is 2.34. The highest BCUT2D eigenvalue weighted by Crippen LogP contribution is 2.41. The second-order valence-electron chi connectivity index (χ2n) is 8.03. The Morgan fingerprint density at radius 3 is 2.50 bits per heavy atom. The molecular weight excluding hydrogens is 423 g/mol. The van der Waals surface area contributed by atoms with Gasteiger partial charge in [0.05, 0.1) is 23.2 Å². The predicted octanol–water partition coefficient (Wildman–Crippen LogP) is 4.07. The number of aliphatic hydroxyl groups excluding tert-OH is 1. The predicted molar refractivity (Wildman–Crippen MR) is 112 cm³/mol. The number of aliphatic hydroxyl groups is 1. The first kappa shape index (κ1) is 20.3. The molecule has 1 amide bonds. The van der Waals surface area contributed by atoms with Crippen molar-refractivity contribution in [3.05, 3.63) is 81.2 Å². The van der Waals surface area contributed by atoms with E-state index in [2.05, 4.69) is 9.97 Å². The van der Waals surface area contributed by atoms with Crippen LogP contribution in [0.3, 0.4) is 0 Å². The van der Waals surface area contributed by atoms with Crippen molar-refractivity contribution in [1.29, 1.82) is 0 Å². The van der Waals surface area contributed by atoms with E-state index in [0.29, 0.717) is 22.9 Å². The Labute approximate surface area is 179 Å². The molecule has 1 aliphatic carbocycles. The molecule has 2 aromatic carbocycles. The van der Waals surface area contributed by atoms with E-state index >= 15 is 0 Å². The standard InChI is InChI=1S/C23H18F3N3O3/c1-29(23(32)17-7-10-6-11(24)2-3-16(10)27-17)18-4-5-19(30)21-20(18)12-8-14(25)15(26)9-13(12)22(31)28-21/h2-3,6-9,18-19,27,30H,4-5H2,1H3,(H,28,31)/t18-,19?/m0/s1. The topological polar surface area (TPSA) is 89.2 Å². The van der Waals surface area contributed by atoms with Gasteiger partial charge in [-0.15, -0.1) is 0 Å². The molecule has 2 aromatic heterocycles. The van der Waals surface area contributed by atoms with Gasteiger partial charge in [-0.25, -0.2) is 13.2 Å². The Morgan fingerprint density at radius 1 is 1.03 bits per heavy atom. The summed E-state index contributed by atoms with van der Waals surface area (Å²) in [7, 11) is 1.55. The molecule has 0 saturated heterocycles. The van der Waals surface area contributed by atoms with Crippen LogP contribution in [0.2, 0.25) is 0 Å². The molecule has 2 atom stereocenters. The maximum Gasteiger partial charge on any atom is 0.270 e. The summed E-state index contributed by atoms with van der Waals surface area (Å²) in [6.45, 7) is 0. The van der Waals surface area contributed by atoms with Gasteiger partial charge in [0.2, 0.25) is 0 Å². The zero-order chi connectivity index (χ0) is 22.7. The third-order valence-corrected chi connectivity index (χ3v) is 6.11. The van der Waals surface area contributed by atoms with Gasteiger partial charge < -0.3 is 20.0 Å². The monoisotopic (exact) mass is 441 g/mol. The zero-order valence-electron chi connectivity index (χ0n) is 16.9. The van der Waals surface area contributed by atoms with Crippen LogP contribution in [0.25, 0.3) is 21.7 Å². The number of pyridine rings is 1. The van der Waals surface area contributed by atoms with Crippen LogP contribution in [-0.2, 0) is 0 Å². The van der Waals surface area contributed by atoms with Crippen LogP contribution < -0.4 is 5.56 Å². The van der Waals surface area contributed by atoms with Crippen molar-refractivity contribution >= 4 is 27.6 Å². The molecule has 164 valence electrons. The van der Waals surface area contributed by atoms with Crippen molar-refractivity contribution in [3.8, 4) is 0 Å². The average Bonchev–Trinajstić information content (AvgIpc) is 3.18. The first-order chi connectivity index (χ1) is 15.2. The van der Waals surface area contributed by atoms with Gasteiger partial charge in [0.25, 0.3) is 11.5 Å². The van der Waals surface area contributed by atoms with Crippen molar-refractivity contribution in [3.63, 3.8) is 0 Å². The molecule has 1 aliphatic rings. The molecule has 32 heavy (non-hydrogen) atoms. The van der Waals surface area contributed by atoms with Crippen LogP contribution in [0.1, 0.15) is 46.7 Å². The van der Waals surface area contributed by atoms with E-state index in [9.17, 15) is 27.9 Å². The summed E-state index contributed by atoms with van der Waals surface area (Å²) in [6, 6.07) is 6.78. The number of carbonyl (C=O) groups excluding carboxylic acids is 1. The van der Waals surface area contributed by atoms with Crippen LogP contribution in [-0.4, -0.2) is 32.9 Å². The minimum absolute atomic E-state index is 0.0660. The van der Waals surface area contributed by atoms with Crippen molar-refractivity contribution in [2.45, 2.75) is 25.0 Å². The number of rotatable bonds is 2. The largest absolute Gasteiger partial charge is 0.387 e. The lowest BCUT2D eigenvalue weighted by molar-refractivity contribution is 0.0657. The molecular formula is C23H18F3N3O3. The van der Waals surface area contributed by atoms with Gasteiger partial charge in [-0.3, -0.25) is 9.59 Å². The molecule has 0 aliphatic heterocycles. The third kappa shape index (κ3) is 3.08. The van der Waals surface area contributed by atoms with E-state index in [4.69, 9.17) is 0 Å². The fourth-order valence-corrected chi connectivity index (χ4v) is 4.52. The molecule has 1 unspecified atom stereocenters. The normalized spacial score (nSPS) is 18.2. The van der Waals surface area contributed by atoms with Gasteiger partial charge >= 0.3 is 0 Å². The number of fused-ring (bicyclic) bond motifs is 4. The average molecular weight is 441 g/mol. The number of amides is 1. The molecule has 9 heteroatoms. The number of nitrogens with one attached hydrogen (secondary N) is 2. The van der Waals surface area contributed by atoms with Gasteiger partial charge in [0, 0.05) is 23.5 Å². The molecule has 0 bridgehead atoms. The van der Waals surface area contributed by atoms with Crippen molar-refractivity contribution in [2.75, 3.05) is 7.05 Å². The number of aromatic amines is 2. The Kier molecular flexibility index (Phi) is 4.59. The molecule has 3 N–H and O–H groups in total. The van der Waals surface area contributed by atoms with Crippen LogP contribution in [0, 0.1) is 17.5 Å². The van der Waals surface area contributed by atoms with E-state index in [1.54, 1.807) is 7.05 Å². The number of nitrogens with zero attached hydrogens (tertiary/aromatic N) is 1. The molecule has 6 nitrogen and oxygen atoms in total. The smallest absolute Gasteiger partial charge is 0.270 e. The summed E-state index contributed by atoms with van der Waals surface area (Å²) in [5.74, 6) is -3.12. The van der Waals surface area contributed by atoms with Gasteiger partial charge in [0.15, 0.2) is 11.6 Å². The van der Waals surface area contributed by atoms with Crippen LogP contribution >= 0.6 is 0 Å². The molecule has 0 saturated carbocycles. The van der Waals surface area contributed by atoms with Gasteiger partial charge in [0.1, 0.15) is 11.5 Å². The Bertz CT molecular complexity index is 1460. The molecule has 4 aromatic rings. The number of hydrogen-bond acceptors (Lipinski definition) is 3. The van der Waals surface area contributed by atoms with Gasteiger partial charge in [-0.1, -0.05) is 0 Å². The summed E-state index contributed by atoms with van der Waals surface area (Å²) >= 11 is 0. The van der Waals surface area contributed by atoms with E-state index in [-0.39, 0.29) is 28.6 Å². The Balaban J connectivity index is 1.64. The number of halogens is 3. The maximum absolute atomic E-state index is 14.1. The van der Waals surface area contributed by atoms with Gasteiger partial charge in [-0.2, -0.15) is 0 Å². The third-order valence-electron chi connectivity index (χ3n) is 6.11. The SMILES string of the molecule is CN(C(=O)c1cc2cc(F)ccc2[nH]1)[C@H]1CCC(O)c2[nH]c(=O)c3cc(F)c(F)cc3c21. The number of carbonyl (C=O) groups is 1. The van der Waals surface area contributed by atoms with Crippen molar-refractivity contribution in [1.82, 2.24) is 14.9 Å². The minimum Gasteiger partial charge on any atom is -0.387 e. The second-order valence-corrected chi connectivity index (χ2v) is 8.03. The summed E-state index contributed by atoms with van der Waals surface area (Å²) < 4.78 is 41.4. The fraction of sp³-hybridized carbons (Fsp3) is 0.217. The van der Waals surface area contributed by atoms with E-state index in [1.807, 2.05) is 0 Å². The molecule has 0 radical (unpaired) electrons. The number of hydrogen-bond donors (Lipinski definition) is 3. The number of H-pyrrole nitrogens is 2. The molecule has 2 heterocycles. The first-order valence-corrected chi connectivity index (χ1v) is 10.0. The number of benzene rings is 2. The Hall–Kier alpha value is -3.59. The lowest BCUT2D eigenvalue weighted by atomic mass is 9.85. The minimum atomic E-state index is -1.16. The first-order valence-electron chi connectivity index (χ1n) is 10.0. The van der Waals surface area contributed by atoms with E-state index in [1.165, 1.54) is 29.2 Å². The van der Waals surface area contributed by atoms with Gasteiger partial charge in [-0.05, 0) is 54.6 Å². The van der Waals surface area contributed by atoms with Crippen LogP contribution in [0.5, 0.6) is 0 Å². The summed E-state index contributed by atoms with van der Waals surface area (Å²) in [5, 5.41) is 11.1. The van der Waals surface area contributed by atoms with E-state index in [0.717, 1.165) is 12.1 Å². The zero-order valence-corrected chi connectivity index (χ0v) is 16.9. The molecule has 0 spiro atoms. The second kappa shape index (κ2) is 7.23. The lowest BCUT2D eigenvalue weighted by Crippen LogP contribution is -2.35. The van der Waals surface area contributed by atoms with Crippen molar-refractivity contribution in [2.24, 2.45) is 0 Å². The molecule has 0 fully saturated rings. The van der Waals surface area contributed by atoms with Crippen molar-refractivity contribution < 1.29 is 23.1 Å². The quantitative estimate of drug-likeness (QED) is 0.438. The summed E-state index contributed by atoms with van der Waals surface area (Å²) in [5.41, 5.74) is 0.726. The highest BCUT2D eigenvalue weighted by atomic mass is 19.2.